The van der Waals surface area contributed by atoms with E-state index in [9.17, 15) is 9.59 Å². The van der Waals surface area contributed by atoms with Crippen LogP contribution in [-0.4, -0.2) is 30.9 Å². The maximum Gasteiger partial charge on any atom is 0.338 e. The fourth-order valence-electron chi connectivity index (χ4n) is 4.92. The Balaban J connectivity index is 1.63. The number of fused-ring (bicyclic) bond motifs is 1. The van der Waals surface area contributed by atoms with Crippen LogP contribution in [0.1, 0.15) is 43.5 Å². The molecule has 0 radical (unpaired) electrons. The number of thiazole rings is 1. The van der Waals surface area contributed by atoms with Crippen LogP contribution in [0, 0.1) is 0 Å². The highest BCUT2D eigenvalue weighted by atomic mass is 79.9. The normalized spacial score (nSPS) is 14.7. The molecule has 0 saturated heterocycles. The molecule has 0 N–H and O–H groups in total. The van der Waals surface area contributed by atoms with Gasteiger partial charge in [0.05, 0.1) is 41.1 Å². The van der Waals surface area contributed by atoms with E-state index in [1.54, 1.807) is 52.2 Å². The van der Waals surface area contributed by atoms with Gasteiger partial charge in [0.1, 0.15) is 18.4 Å². The molecule has 1 aliphatic rings. The van der Waals surface area contributed by atoms with E-state index in [-0.39, 0.29) is 17.2 Å². The fraction of sp³-hybridized carbons (Fsp3) is 0.242. The summed E-state index contributed by atoms with van der Waals surface area (Å²) in [7, 11) is 3.08. The van der Waals surface area contributed by atoms with Crippen molar-refractivity contribution in [2.24, 2.45) is 4.99 Å². The topological polar surface area (TPSA) is 88.4 Å². The molecule has 1 aromatic heterocycles. The summed E-state index contributed by atoms with van der Waals surface area (Å²) in [4.78, 5) is 32.7. The summed E-state index contributed by atoms with van der Waals surface area (Å²) in [6.45, 7) is 5.60. The van der Waals surface area contributed by atoms with Crippen LogP contribution in [0.5, 0.6) is 17.2 Å². The number of aromatic nitrogens is 1. The average Bonchev–Trinajstić information content (AvgIpc) is 3.29. The highest BCUT2D eigenvalue weighted by molar-refractivity contribution is 9.10. The summed E-state index contributed by atoms with van der Waals surface area (Å²) in [5.41, 5.74) is 2.63. The number of nitrogens with zero attached hydrogens (tertiary/aromatic N) is 2. The van der Waals surface area contributed by atoms with Gasteiger partial charge in [-0.2, -0.15) is 0 Å². The predicted octanol–water partition coefficient (Wildman–Crippen LogP) is 6.20. The van der Waals surface area contributed by atoms with Crippen molar-refractivity contribution in [3.8, 4) is 17.2 Å². The Bertz CT molecular complexity index is 1930. The number of hydrogen-bond acceptors (Lipinski definition) is 8. The van der Waals surface area contributed by atoms with Crippen molar-refractivity contribution in [1.29, 1.82) is 0 Å². The van der Waals surface area contributed by atoms with Crippen molar-refractivity contribution in [2.45, 2.75) is 39.5 Å². The van der Waals surface area contributed by atoms with E-state index in [1.165, 1.54) is 23.0 Å². The zero-order valence-electron chi connectivity index (χ0n) is 24.7. The zero-order chi connectivity index (χ0) is 31.5. The monoisotopic (exact) mass is 696 g/mol. The Labute approximate surface area is 272 Å². The van der Waals surface area contributed by atoms with Crippen LogP contribution in [-0.2, 0) is 16.1 Å². The lowest BCUT2D eigenvalue weighted by molar-refractivity contribution is -0.143. The average molecular weight is 698 g/mol. The lowest BCUT2D eigenvalue weighted by Crippen LogP contribution is -2.40. The maximum atomic E-state index is 14.1. The second-order valence-electron chi connectivity index (χ2n) is 10.2. The summed E-state index contributed by atoms with van der Waals surface area (Å²) in [6.07, 6.45) is 1.36. The lowest BCUT2D eigenvalue weighted by atomic mass is 9.95. The van der Waals surface area contributed by atoms with E-state index >= 15 is 0 Å². The molecule has 3 aromatic carbocycles. The van der Waals surface area contributed by atoms with Crippen LogP contribution >= 0.6 is 38.9 Å². The first-order chi connectivity index (χ1) is 21.1. The molecule has 0 fully saturated rings. The fourth-order valence-corrected chi connectivity index (χ4v) is 6.62. The van der Waals surface area contributed by atoms with E-state index in [0.29, 0.717) is 55.0 Å². The number of ether oxygens (including phenoxy) is 4. The van der Waals surface area contributed by atoms with E-state index in [2.05, 4.69) is 20.9 Å². The molecule has 0 saturated carbocycles. The standard InChI is InChI=1S/C33H30BrClN2O6S/c1-18(2)43-32(39)28-19(3)36-33-37(29(28)23-16-22(34)11-12-25(23)40-4)31(38)27(44-33)15-21-13-24(35)30(26(14-21)41-5)42-17-20-9-7-6-8-10-20/h6-16,18,29H,17H2,1-5H3/b27-15-/t29-/m1/s1. The van der Waals surface area contributed by atoms with Crippen LogP contribution in [0.2, 0.25) is 5.02 Å². The van der Waals surface area contributed by atoms with E-state index in [1.807, 2.05) is 42.5 Å². The smallest absolute Gasteiger partial charge is 0.338 e. The van der Waals surface area contributed by atoms with Gasteiger partial charge in [0.2, 0.25) is 0 Å². The molecule has 8 nitrogen and oxygen atoms in total. The van der Waals surface area contributed by atoms with Crippen LogP contribution in [0.4, 0.5) is 0 Å². The predicted molar refractivity (Wildman–Crippen MR) is 174 cm³/mol. The second kappa shape index (κ2) is 13.4. The molecule has 1 aliphatic heterocycles. The molecule has 0 spiro atoms. The number of hydrogen-bond donors (Lipinski definition) is 0. The molecule has 11 heteroatoms. The molecule has 0 aliphatic carbocycles. The Morgan fingerprint density at radius 1 is 1.09 bits per heavy atom. The summed E-state index contributed by atoms with van der Waals surface area (Å²) in [6, 6.07) is 17.8. The van der Waals surface area contributed by atoms with Crippen molar-refractivity contribution in [3.63, 3.8) is 0 Å². The van der Waals surface area contributed by atoms with Crippen LogP contribution in [0.3, 0.4) is 0 Å². The zero-order valence-corrected chi connectivity index (χ0v) is 27.9. The highest BCUT2D eigenvalue weighted by Gasteiger charge is 2.35. The molecular formula is C33H30BrClN2O6S. The summed E-state index contributed by atoms with van der Waals surface area (Å²) in [5.74, 6) is 0.797. The van der Waals surface area contributed by atoms with Gasteiger partial charge in [-0.15, -0.1) is 0 Å². The molecule has 228 valence electrons. The van der Waals surface area contributed by atoms with Crippen molar-refractivity contribution < 1.29 is 23.7 Å². The number of methoxy groups -OCH3 is 2. The highest BCUT2D eigenvalue weighted by Crippen LogP contribution is 2.39. The van der Waals surface area contributed by atoms with E-state index < -0.39 is 12.0 Å². The SMILES string of the molecule is COc1ccc(Br)cc1[C@@H]1C(C(=O)OC(C)C)=C(C)N=c2s/c(=C\c3cc(Cl)c(OCc4ccccc4)c(OC)c3)c(=O)n21. The Morgan fingerprint density at radius 3 is 2.50 bits per heavy atom. The van der Waals surface area contributed by atoms with Crippen LogP contribution in [0.15, 0.2) is 86.2 Å². The molecule has 0 bridgehead atoms. The molecular weight excluding hydrogens is 668 g/mol. The number of carbonyl (C=O) groups excluding carboxylic acids is 1. The maximum absolute atomic E-state index is 14.1. The molecule has 2 heterocycles. The third kappa shape index (κ3) is 6.47. The first-order valence-electron chi connectivity index (χ1n) is 13.7. The van der Waals surface area contributed by atoms with Gasteiger partial charge in [-0.05, 0) is 68.3 Å². The summed E-state index contributed by atoms with van der Waals surface area (Å²) >= 11 is 11.4. The van der Waals surface area contributed by atoms with Gasteiger partial charge in [-0.1, -0.05) is 69.2 Å². The van der Waals surface area contributed by atoms with Crippen molar-refractivity contribution in [1.82, 2.24) is 4.57 Å². The van der Waals surface area contributed by atoms with Crippen molar-refractivity contribution in [2.75, 3.05) is 14.2 Å². The quantitative estimate of drug-likeness (QED) is 0.194. The van der Waals surface area contributed by atoms with Crippen LogP contribution in [0.25, 0.3) is 6.08 Å². The van der Waals surface area contributed by atoms with Gasteiger partial charge in [-0.3, -0.25) is 9.36 Å². The summed E-state index contributed by atoms with van der Waals surface area (Å²) in [5, 5.41) is 0.339. The molecule has 0 unspecified atom stereocenters. The number of carbonyl (C=O) groups is 1. The summed E-state index contributed by atoms with van der Waals surface area (Å²) < 4.78 is 25.5. The Hall–Kier alpha value is -3.86. The minimum Gasteiger partial charge on any atom is -0.496 e. The van der Waals surface area contributed by atoms with Crippen molar-refractivity contribution in [3.05, 3.63) is 118 Å². The molecule has 44 heavy (non-hydrogen) atoms. The van der Waals surface area contributed by atoms with Gasteiger partial charge in [-0.25, -0.2) is 9.79 Å². The largest absolute Gasteiger partial charge is 0.496 e. The Morgan fingerprint density at radius 2 is 1.82 bits per heavy atom. The number of rotatable bonds is 9. The first kappa shape index (κ1) is 31.6. The van der Waals surface area contributed by atoms with Gasteiger partial charge >= 0.3 is 5.97 Å². The minimum absolute atomic E-state index is 0.263. The molecule has 0 amide bonds. The number of benzene rings is 3. The van der Waals surface area contributed by atoms with Crippen molar-refractivity contribution >= 4 is 50.9 Å². The van der Waals surface area contributed by atoms with E-state index in [0.717, 1.165) is 10.0 Å². The minimum atomic E-state index is -0.834. The molecule has 4 aromatic rings. The second-order valence-corrected chi connectivity index (χ2v) is 12.6. The van der Waals surface area contributed by atoms with Gasteiger partial charge in [0.15, 0.2) is 16.3 Å². The molecule has 1 atom stereocenters. The number of esters is 1. The van der Waals surface area contributed by atoms with Gasteiger partial charge < -0.3 is 18.9 Å². The molecule has 5 rings (SSSR count). The first-order valence-corrected chi connectivity index (χ1v) is 15.7. The number of halogens is 2. The van der Waals surface area contributed by atoms with Gasteiger partial charge in [0.25, 0.3) is 5.56 Å². The lowest BCUT2D eigenvalue weighted by Gasteiger charge is -2.26. The third-order valence-electron chi connectivity index (χ3n) is 6.85. The van der Waals surface area contributed by atoms with Gasteiger partial charge in [0, 0.05) is 10.0 Å². The van der Waals surface area contributed by atoms with Crippen LogP contribution < -0.4 is 29.1 Å². The third-order valence-corrected chi connectivity index (χ3v) is 8.60. The van der Waals surface area contributed by atoms with E-state index in [4.69, 9.17) is 30.5 Å². The number of allylic oxidation sites excluding steroid dienone is 1. The Kier molecular flexibility index (Phi) is 9.62.